The summed E-state index contributed by atoms with van der Waals surface area (Å²) >= 11 is 1.89. The van der Waals surface area contributed by atoms with Gasteiger partial charge in [-0.05, 0) is 59.5 Å². The summed E-state index contributed by atoms with van der Waals surface area (Å²) in [6, 6.07) is 0. The van der Waals surface area contributed by atoms with Crippen LogP contribution in [0, 0.1) is 11.8 Å². The van der Waals surface area contributed by atoms with Gasteiger partial charge in [-0.25, -0.2) is 0 Å². The molecule has 0 aromatic rings. The Labute approximate surface area is 167 Å². The van der Waals surface area contributed by atoms with Crippen molar-refractivity contribution in [1.29, 1.82) is 0 Å². The van der Waals surface area contributed by atoms with E-state index in [-0.39, 0.29) is 24.0 Å². The van der Waals surface area contributed by atoms with E-state index in [0.717, 1.165) is 26.1 Å². The zero-order valence-corrected chi connectivity index (χ0v) is 16.9. The second kappa shape index (κ2) is 8.81. The van der Waals surface area contributed by atoms with Crippen LogP contribution in [0.15, 0.2) is 70.6 Å². The summed E-state index contributed by atoms with van der Waals surface area (Å²) in [6.07, 6.45) is 20.6. The van der Waals surface area contributed by atoms with Gasteiger partial charge in [-0.2, -0.15) is 0 Å². The van der Waals surface area contributed by atoms with E-state index in [1.54, 1.807) is 0 Å². The number of rotatable bonds is 4. The summed E-state index contributed by atoms with van der Waals surface area (Å²) in [5, 5.41) is 0. The molecule has 0 saturated carbocycles. The number of hydrogen-bond donors (Lipinski definition) is 0. The fourth-order valence-corrected chi connectivity index (χ4v) is 5.97. The molecule has 4 rings (SSSR count). The first-order chi connectivity index (χ1) is 13.2. The highest BCUT2D eigenvalue weighted by Crippen LogP contribution is 2.47. The van der Waals surface area contributed by atoms with Crippen LogP contribution in [-0.4, -0.2) is 25.4 Å². The van der Waals surface area contributed by atoms with Gasteiger partial charge in [0.1, 0.15) is 0 Å². The van der Waals surface area contributed by atoms with E-state index in [1.165, 1.54) is 46.6 Å². The SMILES string of the molecule is C=C1C=CC=C(SC2=CC=CC(=C)C2C2CCCCO2)C1C1CCCCO1. The molecule has 4 unspecified atom stereocenters. The molecule has 0 aromatic carbocycles. The van der Waals surface area contributed by atoms with Crippen LogP contribution in [0.25, 0.3) is 0 Å². The molecular weight excluding hydrogens is 352 g/mol. The molecule has 0 spiro atoms. The smallest absolute Gasteiger partial charge is 0.0689 e. The van der Waals surface area contributed by atoms with Gasteiger partial charge in [-0.1, -0.05) is 61.4 Å². The molecule has 2 saturated heterocycles. The number of hydrogen-bond acceptors (Lipinski definition) is 3. The number of thioether (sulfide) groups is 1. The Hall–Kier alpha value is -1.29. The molecule has 2 aliphatic heterocycles. The van der Waals surface area contributed by atoms with Crippen LogP contribution in [0.5, 0.6) is 0 Å². The highest BCUT2D eigenvalue weighted by Gasteiger charge is 2.35. The van der Waals surface area contributed by atoms with Crippen molar-refractivity contribution in [3.63, 3.8) is 0 Å². The minimum Gasteiger partial charge on any atom is -0.377 e. The summed E-state index contributed by atoms with van der Waals surface area (Å²) in [6.45, 7) is 10.4. The maximum Gasteiger partial charge on any atom is 0.0689 e. The monoisotopic (exact) mass is 382 g/mol. The van der Waals surface area contributed by atoms with Crippen LogP contribution in [0.2, 0.25) is 0 Å². The molecule has 2 aliphatic carbocycles. The summed E-state index contributed by atoms with van der Waals surface area (Å²) in [7, 11) is 0. The summed E-state index contributed by atoms with van der Waals surface area (Å²) in [5.41, 5.74) is 2.34. The van der Waals surface area contributed by atoms with Crippen LogP contribution in [0.4, 0.5) is 0 Å². The van der Waals surface area contributed by atoms with Crippen molar-refractivity contribution in [3.8, 4) is 0 Å². The Kier molecular flexibility index (Phi) is 6.21. The Balaban J connectivity index is 1.55. The molecule has 2 nitrogen and oxygen atoms in total. The molecule has 27 heavy (non-hydrogen) atoms. The zero-order valence-electron chi connectivity index (χ0n) is 16.1. The van der Waals surface area contributed by atoms with Crippen molar-refractivity contribution in [2.45, 2.75) is 50.7 Å². The predicted octanol–water partition coefficient (Wildman–Crippen LogP) is 6.11. The topological polar surface area (TPSA) is 18.5 Å². The molecule has 144 valence electrons. The van der Waals surface area contributed by atoms with Gasteiger partial charge in [0, 0.05) is 25.0 Å². The fourth-order valence-electron chi connectivity index (χ4n) is 4.55. The van der Waals surface area contributed by atoms with Crippen LogP contribution in [0.1, 0.15) is 38.5 Å². The lowest BCUT2D eigenvalue weighted by Gasteiger charge is -2.37. The lowest BCUT2D eigenvalue weighted by Crippen LogP contribution is -2.32. The van der Waals surface area contributed by atoms with Crippen LogP contribution in [-0.2, 0) is 9.47 Å². The molecule has 3 heteroatoms. The Morgan fingerprint density at radius 3 is 1.63 bits per heavy atom. The first-order valence-electron chi connectivity index (χ1n) is 10.3. The maximum absolute atomic E-state index is 6.15. The van der Waals surface area contributed by atoms with Crippen molar-refractivity contribution in [3.05, 3.63) is 70.6 Å². The highest BCUT2D eigenvalue weighted by atomic mass is 32.2. The molecule has 4 atom stereocenters. The van der Waals surface area contributed by atoms with E-state index >= 15 is 0 Å². The Morgan fingerprint density at radius 1 is 0.741 bits per heavy atom. The van der Waals surface area contributed by atoms with Crippen molar-refractivity contribution in [2.24, 2.45) is 11.8 Å². The maximum atomic E-state index is 6.15. The van der Waals surface area contributed by atoms with Crippen LogP contribution < -0.4 is 0 Å². The predicted molar refractivity (Wildman–Crippen MR) is 114 cm³/mol. The average Bonchev–Trinajstić information content (AvgIpc) is 2.70. The summed E-state index contributed by atoms with van der Waals surface area (Å²) in [5.74, 6) is 0.543. The van der Waals surface area contributed by atoms with Gasteiger partial charge >= 0.3 is 0 Å². The highest BCUT2D eigenvalue weighted by molar-refractivity contribution is 8.06. The first-order valence-corrected chi connectivity index (χ1v) is 11.1. The van der Waals surface area contributed by atoms with E-state index in [2.05, 4.69) is 49.6 Å². The van der Waals surface area contributed by atoms with E-state index in [4.69, 9.17) is 9.47 Å². The fraction of sp³-hybridized carbons (Fsp3) is 0.500. The minimum absolute atomic E-state index is 0.252. The van der Waals surface area contributed by atoms with E-state index in [0.29, 0.717) is 0 Å². The van der Waals surface area contributed by atoms with Crippen molar-refractivity contribution < 1.29 is 9.47 Å². The zero-order chi connectivity index (χ0) is 18.6. The molecule has 2 heterocycles. The van der Waals surface area contributed by atoms with Gasteiger partial charge in [0.2, 0.25) is 0 Å². The second-order valence-corrected chi connectivity index (χ2v) is 9.02. The summed E-state index contributed by atoms with van der Waals surface area (Å²) in [4.78, 5) is 2.70. The normalized spacial score (nSPS) is 34.4. The lowest BCUT2D eigenvalue weighted by molar-refractivity contribution is -0.00181. The third-order valence-corrected chi connectivity index (χ3v) is 7.21. The van der Waals surface area contributed by atoms with Gasteiger partial charge in [0.05, 0.1) is 12.2 Å². The van der Waals surface area contributed by atoms with Gasteiger partial charge in [-0.3, -0.25) is 0 Å². The molecule has 0 bridgehead atoms. The molecular formula is C24H30O2S. The molecule has 0 radical (unpaired) electrons. The molecule has 0 aromatic heterocycles. The Morgan fingerprint density at radius 2 is 1.22 bits per heavy atom. The minimum atomic E-state index is 0.252. The molecule has 2 fully saturated rings. The van der Waals surface area contributed by atoms with Crippen molar-refractivity contribution in [1.82, 2.24) is 0 Å². The summed E-state index contributed by atoms with van der Waals surface area (Å²) < 4.78 is 12.3. The molecule has 0 N–H and O–H groups in total. The first kappa shape index (κ1) is 19.0. The van der Waals surface area contributed by atoms with E-state index in [9.17, 15) is 0 Å². The third kappa shape index (κ3) is 4.26. The molecule has 0 amide bonds. The Bertz CT molecular complexity index is 640. The largest absolute Gasteiger partial charge is 0.377 e. The van der Waals surface area contributed by atoms with Crippen molar-refractivity contribution >= 4 is 11.8 Å². The third-order valence-electron chi connectivity index (χ3n) is 5.96. The molecule has 4 aliphatic rings. The van der Waals surface area contributed by atoms with Gasteiger partial charge in [0.15, 0.2) is 0 Å². The quantitative estimate of drug-likeness (QED) is 0.584. The number of allylic oxidation sites excluding steroid dienone is 6. The van der Waals surface area contributed by atoms with E-state index in [1.807, 2.05) is 11.8 Å². The average molecular weight is 383 g/mol. The lowest BCUT2D eigenvalue weighted by atomic mass is 9.86. The van der Waals surface area contributed by atoms with Crippen molar-refractivity contribution in [2.75, 3.05) is 13.2 Å². The van der Waals surface area contributed by atoms with Crippen LogP contribution in [0.3, 0.4) is 0 Å². The van der Waals surface area contributed by atoms with E-state index < -0.39 is 0 Å². The van der Waals surface area contributed by atoms with Gasteiger partial charge in [0.25, 0.3) is 0 Å². The van der Waals surface area contributed by atoms with Gasteiger partial charge in [-0.15, -0.1) is 0 Å². The number of ether oxygens (including phenoxy) is 2. The standard InChI is InChI=1S/C24H30O2S/c1-17-9-7-13-21(23(17)19-11-3-5-15-25-19)27-22-14-8-10-18(2)24(22)20-12-4-6-16-26-20/h7-10,13-14,19-20,23-24H,1-6,11-12,15-16H2. The second-order valence-electron chi connectivity index (χ2n) is 7.87. The van der Waals surface area contributed by atoms with Crippen LogP contribution >= 0.6 is 11.8 Å². The van der Waals surface area contributed by atoms with Gasteiger partial charge < -0.3 is 9.47 Å².